The van der Waals surface area contributed by atoms with Crippen molar-refractivity contribution in [1.29, 1.82) is 0 Å². The van der Waals surface area contributed by atoms with Gasteiger partial charge in [-0.3, -0.25) is 4.79 Å². The first-order valence-corrected chi connectivity index (χ1v) is 8.62. The summed E-state index contributed by atoms with van der Waals surface area (Å²) >= 11 is 0. The number of hydrogen-bond acceptors (Lipinski definition) is 3. The maximum absolute atomic E-state index is 13.1. The standard InChI is InChI=1S/C19H28N2O2.ClH/c1-18(2,15-6-4-5-7-16(15)23-3)17(22)21-12-9-19(10-13-21)8-11-20-14-19;/h4-7,20H,8-14H2,1-3H3;1H. The summed E-state index contributed by atoms with van der Waals surface area (Å²) in [7, 11) is 1.66. The van der Waals surface area contributed by atoms with E-state index in [-0.39, 0.29) is 18.3 Å². The summed E-state index contributed by atoms with van der Waals surface area (Å²) in [4.78, 5) is 15.2. The summed E-state index contributed by atoms with van der Waals surface area (Å²) in [6, 6.07) is 7.85. The van der Waals surface area contributed by atoms with Crippen molar-refractivity contribution in [2.45, 2.75) is 38.5 Å². The number of methoxy groups -OCH3 is 1. The molecule has 5 heteroatoms. The van der Waals surface area contributed by atoms with E-state index in [1.54, 1.807) is 7.11 Å². The second-order valence-electron chi connectivity index (χ2n) is 7.54. The molecular formula is C19H29ClN2O2. The Morgan fingerprint density at radius 2 is 1.88 bits per heavy atom. The van der Waals surface area contributed by atoms with Crippen molar-refractivity contribution >= 4 is 18.3 Å². The second kappa shape index (κ2) is 7.32. The molecule has 0 saturated carbocycles. The van der Waals surface area contributed by atoms with Gasteiger partial charge in [0.25, 0.3) is 0 Å². The highest BCUT2D eigenvalue weighted by Crippen LogP contribution is 2.39. The summed E-state index contributed by atoms with van der Waals surface area (Å²) in [5.74, 6) is 1.00. The Kier molecular flexibility index (Phi) is 5.82. The first-order valence-electron chi connectivity index (χ1n) is 8.62. The summed E-state index contributed by atoms with van der Waals surface area (Å²) in [6.07, 6.45) is 3.49. The quantitative estimate of drug-likeness (QED) is 0.909. The molecule has 1 spiro atoms. The average molecular weight is 353 g/mol. The highest BCUT2D eigenvalue weighted by Gasteiger charge is 2.42. The van der Waals surface area contributed by atoms with Crippen LogP contribution in [0.25, 0.3) is 0 Å². The van der Waals surface area contributed by atoms with Gasteiger partial charge in [0.05, 0.1) is 12.5 Å². The molecule has 2 aliphatic rings. The molecule has 0 radical (unpaired) electrons. The molecular weight excluding hydrogens is 324 g/mol. The third-order valence-corrected chi connectivity index (χ3v) is 5.76. The highest BCUT2D eigenvalue weighted by molar-refractivity contribution is 5.88. The van der Waals surface area contributed by atoms with Crippen LogP contribution >= 0.6 is 12.4 Å². The normalized spacial score (nSPS) is 19.9. The number of hydrogen-bond donors (Lipinski definition) is 1. The maximum Gasteiger partial charge on any atom is 0.232 e. The largest absolute Gasteiger partial charge is 0.496 e. The van der Waals surface area contributed by atoms with Gasteiger partial charge in [-0.2, -0.15) is 0 Å². The zero-order chi connectivity index (χ0) is 16.5. The number of rotatable bonds is 3. The van der Waals surface area contributed by atoms with E-state index in [1.165, 1.54) is 6.42 Å². The molecule has 2 aliphatic heterocycles. The number of benzene rings is 1. The molecule has 2 saturated heterocycles. The lowest BCUT2D eigenvalue weighted by atomic mass is 9.76. The molecule has 2 fully saturated rings. The van der Waals surface area contributed by atoms with Gasteiger partial charge in [0.1, 0.15) is 5.75 Å². The molecule has 1 N–H and O–H groups in total. The first kappa shape index (κ1) is 19.1. The van der Waals surface area contributed by atoms with E-state index >= 15 is 0 Å². The van der Waals surface area contributed by atoms with Crippen LogP contribution in [0, 0.1) is 5.41 Å². The van der Waals surface area contributed by atoms with Crippen molar-refractivity contribution in [1.82, 2.24) is 10.2 Å². The molecule has 4 nitrogen and oxygen atoms in total. The van der Waals surface area contributed by atoms with Gasteiger partial charge in [-0.25, -0.2) is 0 Å². The number of ether oxygens (including phenoxy) is 1. The van der Waals surface area contributed by atoms with Crippen molar-refractivity contribution in [2.75, 3.05) is 33.3 Å². The summed E-state index contributed by atoms with van der Waals surface area (Å²) in [6.45, 7) is 8.01. The van der Waals surface area contributed by atoms with E-state index in [9.17, 15) is 4.79 Å². The molecule has 0 unspecified atom stereocenters. The van der Waals surface area contributed by atoms with Crippen LogP contribution in [0.3, 0.4) is 0 Å². The number of halogens is 1. The Hall–Kier alpha value is -1.26. The third-order valence-electron chi connectivity index (χ3n) is 5.76. The molecule has 134 valence electrons. The minimum absolute atomic E-state index is 0. The lowest BCUT2D eigenvalue weighted by Gasteiger charge is -2.41. The molecule has 1 aromatic rings. The van der Waals surface area contributed by atoms with Crippen molar-refractivity contribution in [2.24, 2.45) is 5.41 Å². The number of nitrogens with one attached hydrogen (secondary N) is 1. The number of amides is 1. The molecule has 0 atom stereocenters. The van der Waals surface area contributed by atoms with E-state index in [2.05, 4.69) is 10.2 Å². The zero-order valence-corrected chi connectivity index (χ0v) is 15.7. The van der Waals surface area contributed by atoms with Gasteiger partial charge in [-0.15, -0.1) is 12.4 Å². The third kappa shape index (κ3) is 3.40. The van der Waals surface area contributed by atoms with E-state index in [0.29, 0.717) is 5.41 Å². The second-order valence-corrected chi connectivity index (χ2v) is 7.54. The van der Waals surface area contributed by atoms with Gasteiger partial charge in [0.2, 0.25) is 5.91 Å². The molecule has 0 bridgehead atoms. The van der Waals surface area contributed by atoms with Crippen molar-refractivity contribution in [3.63, 3.8) is 0 Å². The predicted molar refractivity (Wildman–Crippen MR) is 99.0 cm³/mol. The van der Waals surface area contributed by atoms with Gasteiger partial charge >= 0.3 is 0 Å². The average Bonchev–Trinajstić information content (AvgIpc) is 3.03. The van der Waals surface area contributed by atoms with E-state index in [4.69, 9.17) is 4.74 Å². The highest BCUT2D eigenvalue weighted by atomic mass is 35.5. The lowest BCUT2D eigenvalue weighted by Crippen LogP contribution is -2.49. The van der Waals surface area contributed by atoms with Crippen LogP contribution in [-0.2, 0) is 10.2 Å². The first-order chi connectivity index (χ1) is 11.0. The van der Waals surface area contributed by atoms with Gasteiger partial charge < -0.3 is 15.0 Å². The van der Waals surface area contributed by atoms with Crippen molar-refractivity contribution in [3.8, 4) is 5.75 Å². The Bertz CT molecular complexity index is 572. The molecule has 2 heterocycles. The molecule has 1 aromatic carbocycles. The van der Waals surface area contributed by atoms with Crippen LogP contribution in [0.2, 0.25) is 0 Å². The molecule has 0 aliphatic carbocycles. The molecule has 3 rings (SSSR count). The minimum atomic E-state index is -0.564. The van der Waals surface area contributed by atoms with E-state index < -0.39 is 5.41 Å². The smallest absolute Gasteiger partial charge is 0.232 e. The van der Waals surface area contributed by atoms with Crippen LogP contribution in [0.1, 0.15) is 38.7 Å². The van der Waals surface area contributed by atoms with Crippen molar-refractivity contribution < 1.29 is 9.53 Å². The van der Waals surface area contributed by atoms with Crippen LogP contribution in [0.15, 0.2) is 24.3 Å². The number of carbonyl (C=O) groups excluding carboxylic acids is 1. The number of nitrogens with zero attached hydrogens (tertiary/aromatic N) is 1. The van der Waals surface area contributed by atoms with Gasteiger partial charge in [-0.05, 0) is 51.1 Å². The van der Waals surface area contributed by atoms with Crippen molar-refractivity contribution in [3.05, 3.63) is 29.8 Å². The number of likely N-dealkylation sites (tertiary alicyclic amines) is 1. The molecule has 1 amide bonds. The van der Waals surface area contributed by atoms with Gasteiger partial charge in [0, 0.05) is 25.2 Å². The Morgan fingerprint density at radius 1 is 1.21 bits per heavy atom. The Balaban J connectivity index is 0.00000208. The lowest BCUT2D eigenvalue weighted by molar-refractivity contribution is -0.138. The zero-order valence-electron chi connectivity index (χ0n) is 14.9. The summed E-state index contributed by atoms with van der Waals surface area (Å²) in [5.41, 5.74) is 0.839. The maximum atomic E-state index is 13.1. The fraction of sp³-hybridized carbons (Fsp3) is 0.632. The molecule has 0 aromatic heterocycles. The topological polar surface area (TPSA) is 41.6 Å². The minimum Gasteiger partial charge on any atom is -0.496 e. The van der Waals surface area contributed by atoms with E-state index in [1.807, 2.05) is 38.1 Å². The Labute approximate surface area is 151 Å². The van der Waals surface area contributed by atoms with Crippen LogP contribution in [0.5, 0.6) is 5.75 Å². The molecule has 24 heavy (non-hydrogen) atoms. The van der Waals surface area contributed by atoms with Crippen LogP contribution in [-0.4, -0.2) is 44.1 Å². The predicted octanol–water partition coefficient (Wildman–Crippen LogP) is 3.00. The summed E-state index contributed by atoms with van der Waals surface area (Å²) < 4.78 is 5.47. The number of para-hydroxylation sites is 1. The number of carbonyl (C=O) groups is 1. The van der Waals surface area contributed by atoms with Crippen LogP contribution < -0.4 is 10.1 Å². The van der Waals surface area contributed by atoms with Gasteiger partial charge in [0.15, 0.2) is 0 Å². The van der Waals surface area contributed by atoms with Crippen LogP contribution in [0.4, 0.5) is 0 Å². The van der Waals surface area contributed by atoms with E-state index in [0.717, 1.165) is 50.3 Å². The van der Waals surface area contributed by atoms with Gasteiger partial charge in [-0.1, -0.05) is 18.2 Å². The summed E-state index contributed by atoms with van der Waals surface area (Å²) in [5, 5.41) is 3.48. The SMILES string of the molecule is COc1ccccc1C(C)(C)C(=O)N1CCC2(CCNC2)CC1.Cl. The fourth-order valence-electron chi connectivity index (χ4n) is 4.08. The fourth-order valence-corrected chi connectivity index (χ4v) is 4.08. The Morgan fingerprint density at radius 3 is 2.46 bits per heavy atom. The monoisotopic (exact) mass is 352 g/mol. The number of piperidine rings is 1.